The van der Waals surface area contributed by atoms with E-state index in [0.717, 1.165) is 26.2 Å². The molecule has 3 nitrogen and oxygen atoms in total. The minimum Gasteiger partial charge on any atom is -0.370 e. The minimum atomic E-state index is 0.607. The van der Waals surface area contributed by atoms with Crippen molar-refractivity contribution in [2.45, 2.75) is 32.2 Å². The van der Waals surface area contributed by atoms with Crippen molar-refractivity contribution in [3.63, 3.8) is 0 Å². The van der Waals surface area contributed by atoms with Crippen LogP contribution >= 0.6 is 0 Å². The second-order valence-corrected chi connectivity index (χ2v) is 5.90. The van der Waals surface area contributed by atoms with Crippen LogP contribution in [0.4, 0.5) is 5.69 Å². The average molecular weight is 261 g/mol. The van der Waals surface area contributed by atoms with Crippen molar-refractivity contribution in [2.24, 2.45) is 5.73 Å². The fraction of sp³-hybridized carbons (Fsp3) is 0.625. The zero-order valence-electron chi connectivity index (χ0n) is 12.5. The predicted molar refractivity (Wildman–Crippen MR) is 82.8 cm³/mol. The van der Waals surface area contributed by atoms with Crippen LogP contribution in [0.15, 0.2) is 24.3 Å². The van der Waals surface area contributed by atoms with E-state index in [1.165, 1.54) is 17.7 Å². The van der Waals surface area contributed by atoms with Crippen LogP contribution in [-0.2, 0) is 0 Å². The molecule has 0 aliphatic carbocycles. The summed E-state index contributed by atoms with van der Waals surface area (Å²) in [7, 11) is 2.18. The van der Waals surface area contributed by atoms with Gasteiger partial charge < -0.3 is 15.5 Å². The number of hydrogen-bond acceptors (Lipinski definition) is 3. The molecule has 1 heterocycles. The first kappa shape index (κ1) is 14.4. The Bertz CT molecular complexity index is 385. The van der Waals surface area contributed by atoms with Crippen molar-refractivity contribution in [3.05, 3.63) is 29.8 Å². The summed E-state index contributed by atoms with van der Waals surface area (Å²) in [6.45, 7) is 8.49. The summed E-state index contributed by atoms with van der Waals surface area (Å²) in [5, 5.41) is 0. The number of hydrogen-bond donors (Lipinski definition) is 1. The Hall–Kier alpha value is -1.06. The molecule has 1 aliphatic rings. The smallest absolute Gasteiger partial charge is 0.0366 e. The molecule has 1 saturated heterocycles. The van der Waals surface area contributed by atoms with Gasteiger partial charge in [0.2, 0.25) is 0 Å². The van der Waals surface area contributed by atoms with Crippen LogP contribution in [-0.4, -0.2) is 44.2 Å². The SMILES string of the molecule is CC(C)c1ccc(N2CCC(N(C)CCN)C2)cc1. The molecule has 2 rings (SSSR count). The lowest BCUT2D eigenvalue weighted by Crippen LogP contribution is -2.37. The molecule has 1 unspecified atom stereocenters. The second kappa shape index (κ2) is 6.40. The highest BCUT2D eigenvalue weighted by atomic mass is 15.2. The number of nitrogens with zero attached hydrogens (tertiary/aromatic N) is 2. The third-order valence-electron chi connectivity index (χ3n) is 4.19. The molecular formula is C16H27N3. The monoisotopic (exact) mass is 261 g/mol. The molecular weight excluding hydrogens is 234 g/mol. The highest BCUT2D eigenvalue weighted by Crippen LogP contribution is 2.24. The first-order valence-corrected chi connectivity index (χ1v) is 7.37. The van der Waals surface area contributed by atoms with E-state index in [4.69, 9.17) is 5.73 Å². The third kappa shape index (κ3) is 3.48. The highest BCUT2D eigenvalue weighted by Gasteiger charge is 2.25. The molecule has 1 atom stereocenters. The summed E-state index contributed by atoms with van der Waals surface area (Å²) in [6, 6.07) is 9.70. The van der Waals surface area contributed by atoms with Gasteiger partial charge in [-0.25, -0.2) is 0 Å². The minimum absolute atomic E-state index is 0.607. The highest BCUT2D eigenvalue weighted by molar-refractivity contribution is 5.49. The normalized spacial score (nSPS) is 19.7. The van der Waals surface area contributed by atoms with Crippen molar-refractivity contribution in [2.75, 3.05) is 38.1 Å². The molecule has 0 amide bonds. The van der Waals surface area contributed by atoms with Gasteiger partial charge in [0.25, 0.3) is 0 Å². The van der Waals surface area contributed by atoms with Gasteiger partial charge in [0.05, 0.1) is 0 Å². The number of nitrogens with two attached hydrogens (primary N) is 1. The molecule has 1 fully saturated rings. The van der Waals surface area contributed by atoms with E-state index >= 15 is 0 Å². The van der Waals surface area contributed by atoms with Gasteiger partial charge in [-0.3, -0.25) is 0 Å². The van der Waals surface area contributed by atoms with Crippen LogP contribution in [0, 0.1) is 0 Å². The van der Waals surface area contributed by atoms with Crippen molar-refractivity contribution in [1.82, 2.24) is 4.90 Å². The van der Waals surface area contributed by atoms with Crippen molar-refractivity contribution in [1.29, 1.82) is 0 Å². The molecule has 106 valence electrons. The van der Waals surface area contributed by atoms with Gasteiger partial charge >= 0.3 is 0 Å². The van der Waals surface area contributed by atoms with Crippen LogP contribution in [0.1, 0.15) is 31.7 Å². The molecule has 0 spiro atoms. The topological polar surface area (TPSA) is 32.5 Å². The maximum Gasteiger partial charge on any atom is 0.0366 e. The van der Waals surface area contributed by atoms with Crippen LogP contribution in [0.5, 0.6) is 0 Å². The summed E-state index contributed by atoms with van der Waals surface area (Å²) in [6.07, 6.45) is 1.24. The van der Waals surface area contributed by atoms with E-state index in [-0.39, 0.29) is 0 Å². The molecule has 1 aromatic rings. The summed E-state index contributed by atoms with van der Waals surface area (Å²) in [5.74, 6) is 0.607. The molecule has 0 radical (unpaired) electrons. The van der Waals surface area contributed by atoms with E-state index < -0.39 is 0 Å². The summed E-state index contributed by atoms with van der Waals surface area (Å²) in [5.41, 5.74) is 8.40. The third-order valence-corrected chi connectivity index (χ3v) is 4.19. The van der Waals surface area contributed by atoms with Crippen molar-refractivity contribution in [3.8, 4) is 0 Å². The van der Waals surface area contributed by atoms with Gasteiger partial charge in [-0.05, 0) is 37.1 Å². The number of rotatable bonds is 5. The molecule has 0 bridgehead atoms. The zero-order chi connectivity index (χ0) is 13.8. The molecule has 3 heteroatoms. The Morgan fingerprint density at radius 1 is 1.32 bits per heavy atom. The first-order chi connectivity index (χ1) is 9.11. The van der Waals surface area contributed by atoms with Gasteiger partial charge in [0, 0.05) is 37.9 Å². The standard InChI is InChI=1S/C16H27N3/c1-13(2)14-4-6-15(7-5-14)19-10-8-16(12-19)18(3)11-9-17/h4-7,13,16H,8-12,17H2,1-3H3. The summed E-state index contributed by atoms with van der Waals surface area (Å²) in [4.78, 5) is 4.88. The molecule has 0 saturated carbocycles. The largest absolute Gasteiger partial charge is 0.370 e. The van der Waals surface area contributed by atoms with E-state index in [2.05, 4.69) is 55.0 Å². The van der Waals surface area contributed by atoms with Gasteiger partial charge in [-0.2, -0.15) is 0 Å². The molecule has 1 aliphatic heterocycles. The van der Waals surface area contributed by atoms with E-state index in [1.54, 1.807) is 0 Å². The molecule has 1 aromatic carbocycles. The lowest BCUT2D eigenvalue weighted by Gasteiger charge is -2.25. The summed E-state index contributed by atoms with van der Waals surface area (Å²) >= 11 is 0. The Morgan fingerprint density at radius 3 is 2.58 bits per heavy atom. The Balaban J connectivity index is 1.96. The van der Waals surface area contributed by atoms with Crippen LogP contribution < -0.4 is 10.6 Å². The number of anilines is 1. The summed E-state index contributed by atoms with van der Waals surface area (Å²) < 4.78 is 0. The van der Waals surface area contributed by atoms with Gasteiger partial charge in [-0.15, -0.1) is 0 Å². The fourth-order valence-corrected chi connectivity index (χ4v) is 2.79. The lowest BCUT2D eigenvalue weighted by molar-refractivity contribution is 0.266. The van der Waals surface area contributed by atoms with Gasteiger partial charge in [0.1, 0.15) is 0 Å². The zero-order valence-corrected chi connectivity index (χ0v) is 12.5. The van der Waals surface area contributed by atoms with Crippen LogP contribution in [0.3, 0.4) is 0 Å². The van der Waals surface area contributed by atoms with Gasteiger partial charge in [0.15, 0.2) is 0 Å². The average Bonchev–Trinajstić information content (AvgIpc) is 2.89. The number of benzene rings is 1. The van der Waals surface area contributed by atoms with E-state index in [1.807, 2.05) is 0 Å². The Labute approximate surface area is 117 Å². The molecule has 2 N–H and O–H groups in total. The van der Waals surface area contributed by atoms with Crippen molar-refractivity contribution >= 4 is 5.69 Å². The van der Waals surface area contributed by atoms with Gasteiger partial charge in [-0.1, -0.05) is 26.0 Å². The second-order valence-electron chi connectivity index (χ2n) is 5.90. The van der Waals surface area contributed by atoms with E-state index in [9.17, 15) is 0 Å². The van der Waals surface area contributed by atoms with E-state index in [0.29, 0.717) is 12.0 Å². The first-order valence-electron chi connectivity index (χ1n) is 7.37. The van der Waals surface area contributed by atoms with Crippen molar-refractivity contribution < 1.29 is 0 Å². The van der Waals surface area contributed by atoms with Crippen LogP contribution in [0.2, 0.25) is 0 Å². The Kier molecular flexibility index (Phi) is 4.83. The Morgan fingerprint density at radius 2 is 2.00 bits per heavy atom. The quantitative estimate of drug-likeness (QED) is 0.882. The maximum absolute atomic E-state index is 5.63. The maximum atomic E-state index is 5.63. The molecule has 19 heavy (non-hydrogen) atoms. The predicted octanol–water partition coefficient (Wildman–Crippen LogP) is 2.28. The van der Waals surface area contributed by atoms with Crippen LogP contribution in [0.25, 0.3) is 0 Å². The molecule has 0 aromatic heterocycles. The fourth-order valence-electron chi connectivity index (χ4n) is 2.79. The number of likely N-dealkylation sites (N-methyl/N-ethyl adjacent to an activating group) is 1. The lowest BCUT2D eigenvalue weighted by atomic mass is 10.0.